The van der Waals surface area contributed by atoms with Crippen molar-refractivity contribution in [2.75, 3.05) is 0 Å². The van der Waals surface area contributed by atoms with E-state index in [0.29, 0.717) is 0 Å². The zero-order chi connectivity index (χ0) is 5.41. The molecule has 0 spiro atoms. The third-order valence-corrected chi connectivity index (χ3v) is 0. The summed E-state index contributed by atoms with van der Waals surface area (Å²) in [7, 11) is 0. The fourth-order valence-corrected chi connectivity index (χ4v) is 0. The molecule has 2 N–H and O–H groups in total. The van der Waals surface area contributed by atoms with Crippen LogP contribution in [0.3, 0.4) is 0 Å². The van der Waals surface area contributed by atoms with Crippen molar-refractivity contribution in [3.05, 3.63) is 12.8 Å². The van der Waals surface area contributed by atoms with E-state index in [0.717, 1.165) is 0 Å². The Morgan fingerprint density at radius 3 is 0.750 bits per heavy atom. The Morgan fingerprint density at radius 1 is 0.750 bits per heavy atom. The van der Waals surface area contributed by atoms with Gasteiger partial charge < -0.3 is 18.3 Å². The van der Waals surface area contributed by atoms with Crippen LogP contribution in [0.4, 0.5) is 0 Å². The molecule has 50 valence electrons. The smallest absolute Gasteiger partial charge is 0.412 e. The second-order valence-corrected chi connectivity index (χ2v) is 1.15. The maximum atomic E-state index is 2.00. The third-order valence-electron chi connectivity index (χ3n) is 0. The van der Waals surface area contributed by atoms with Crippen molar-refractivity contribution >= 4 is 0 Å². The Hall–Kier alpha value is 0.674. The minimum atomic E-state index is 0. The van der Waals surface area contributed by atoms with Crippen molar-refractivity contribution in [3.63, 3.8) is 0 Å². The summed E-state index contributed by atoms with van der Waals surface area (Å²) in [5.74, 6) is 0. The summed E-state index contributed by atoms with van der Waals surface area (Å²) in [5, 5.41) is 0. The molecule has 0 aliphatic carbocycles. The minimum Gasteiger partial charge on any atom is -0.412 e. The van der Waals surface area contributed by atoms with Gasteiger partial charge in [-0.05, 0) is 0 Å². The van der Waals surface area contributed by atoms with Gasteiger partial charge in [0.05, 0.1) is 0 Å². The molecule has 0 heterocycles. The van der Waals surface area contributed by atoms with Gasteiger partial charge in [0.1, 0.15) is 0 Å². The monoisotopic (exact) mass is 152 g/mol. The third kappa shape index (κ3) is 473. The van der Waals surface area contributed by atoms with Crippen LogP contribution in [0.15, 0.2) is 0 Å². The first-order valence-corrected chi connectivity index (χ1v) is 2.31. The topological polar surface area (TPSA) is 31.5 Å². The average Bonchev–Trinajstić information content (AvgIpc) is 1.39. The van der Waals surface area contributed by atoms with Gasteiger partial charge in [0.15, 0.2) is 0 Å². The van der Waals surface area contributed by atoms with E-state index in [1.54, 1.807) is 0 Å². The molecule has 0 fully saturated rings. The standard InChI is InChI=1S/2C3H7.H2O.Ti/c2*1-3-2;;/h2*3H,1-2H3;1H2;/q2*-1;;+2. The first kappa shape index (κ1) is 23.4. The minimum absolute atomic E-state index is 0. The maximum absolute atomic E-state index is 2.00. The maximum Gasteiger partial charge on any atom is 2.00 e. The fourth-order valence-electron chi connectivity index (χ4n) is 0. The number of rotatable bonds is 0. The van der Waals surface area contributed by atoms with Gasteiger partial charge in [0.25, 0.3) is 0 Å². The van der Waals surface area contributed by atoms with E-state index in [1.165, 1.54) is 0 Å². The van der Waals surface area contributed by atoms with Crippen molar-refractivity contribution in [1.82, 2.24) is 0 Å². The predicted octanol–water partition coefficient (Wildman–Crippen LogP) is 1.63. The van der Waals surface area contributed by atoms with Crippen LogP contribution >= 0.6 is 0 Å². The van der Waals surface area contributed by atoms with E-state index in [1.807, 2.05) is 40.5 Å². The van der Waals surface area contributed by atoms with Crippen LogP contribution in [-0.4, -0.2) is 5.48 Å². The van der Waals surface area contributed by atoms with Crippen molar-refractivity contribution in [2.24, 2.45) is 0 Å². The van der Waals surface area contributed by atoms with Crippen molar-refractivity contribution in [1.29, 1.82) is 0 Å². The van der Waals surface area contributed by atoms with Crippen molar-refractivity contribution in [3.8, 4) is 0 Å². The van der Waals surface area contributed by atoms with Crippen LogP contribution in [0.25, 0.3) is 0 Å². The average molecular weight is 152 g/mol. The summed E-state index contributed by atoms with van der Waals surface area (Å²) in [6.45, 7) is 8.00. The Balaban J connectivity index is -0.0000000160. The van der Waals surface area contributed by atoms with Gasteiger partial charge in [-0.25, -0.2) is 0 Å². The first-order chi connectivity index (χ1) is 2.83. The molecule has 8 heavy (non-hydrogen) atoms. The summed E-state index contributed by atoms with van der Waals surface area (Å²) >= 11 is 0. The molecule has 1 nitrogen and oxygen atoms in total. The molecule has 0 rings (SSSR count). The van der Waals surface area contributed by atoms with E-state index in [9.17, 15) is 0 Å². The number of hydrogen-bond acceptors (Lipinski definition) is 0. The van der Waals surface area contributed by atoms with Crippen LogP contribution in [-0.2, 0) is 21.7 Å². The molecule has 0 aliphatic heterocycles. The van der Waals surface area contributed by atoms with E-state index >= 15 is 0 Å². The summed E-state index contributed by atoms with van der Waals surface area (Å²) < 4.78 is 0. The molecule has 0 saturated carbocycles. The summed E-state index contributed by atoms with van der Waals surface area (Å²) in [6.07, 6.45) is 4.00. The summed E-state index contributed by atoms with van der Waals surface area (Å²) in [5.41, 5.74) is 0. The molecule has 0 atom stereocenters. The van der Waals surface area contributed by atoms with Crippen molar-refractivity contribution < 1.29 is 27.2 Å². The van der Waals surface area contributed by atoms with E-state index < -0.39 is 0 Å². The zero-order valence-corrected chi connectivity index (χ0v) is 7.72. The Morgan fingerprint density at radius 2 is 0.750 bits per heavy atom. The molecule has 0 aliphatic rings. The molecule has 0 aromatic heterocycles. The molecular formula is C6H16OTi. The largest absolute Gasteiger partial charge is 2.00 e. The number of hydrogen-bond donors (Lipinski definition) is 0. The molecule has 0 amide bonds. The molecule has 0 bridgehead atoms. The zero-order valence-electron chi connectivity index (χ0n) is 6.15. The first-order valence-electron chi connectivity index (χ1n) is 2.31. The molecule has 0 unspecified atom stereocenters. The van der Waals surface area contributed by atoms with Crippen LogP contribution in [0.2, 0.25) is 0 Å². The Labute approximate surface area is 68.1 Å². The van der Waals surface area contributed by atoms with E-state index in [4.69, 9.17) is 0 Å². The predicted molar refractivity (Wildman–Crippen MR) is 34.9 cm³/mol. The van der Waals surface area contributed by atoms with Gasteiger partial charge in [-0.1, -0.05) is 0 Å². The van der Waals surface area contributed by atoms with Crippen LogP contribution in [0.1, 0.15) is 27.7 Å². The molecule has 2 heteroatoms. The summed E-state index contributed by atoms with van der Waals surface area (Å²) in [6, 6.07) is 0. The van der Waals surface area contributed by atoms with Gasteiger partial charge in [-0.3, -0.25) is 0 Å². The van der Waals surface area contributed by atoms with Gasteiger partial charge in [0.2, 0.25) is 0 Å². The van der Waals surface area contributed by atoms with E-state index in [-0.39, 0.29) is 27.2 Å². The summed E-state index contributed by atoms with van der Waals surface area (Å²) in [4.78, 5) is 0. The van der Waals surface area contributed by atoms with E-state index in [2.05, 4.69) is 0 Å². The molecule has 0 aromatic carbocycles. The Bertz CT molecular complexity index is 10.5. The molecule has 0 radical (unpaired) electrons. The quantitative estimate of drug-likeness (QED) is 0.373. The van der Waals surface area contributed by atoms with Gasteiger partial charge >= 0.3 is 21.7 Å². The second-order valence-electron chi connectivity index (χ2n) is 1.15. The second kappa shape index (κ2) is 47.8. The molecule has 0 aromatic rings. The van der Waals surface area contributed by atoms with Crippen LogP contribution < -0.4 is 0 Å². The normalized spacial score (nSPS) is 4.50. The van der Waals surface area contributed by atoms with Crippen molar-refractivity contribution in [2.45, 2.75) is 27.7 Å². The fraction of sp³-hybridized carbons (Fsp3) is 0.667. The molecule has 0 saturated heterocycles. The SMILES string of the molecule is C[CH-]C.C[CH-]C.O.[Ti+2]. The van der Waals surface area contributed by atoms with Gasteiger partial charge in [0, 0.05) is 0 Å². The van der Waals surface area contributed by atoms with Gasteiger partial charge in [-0.2, -0.15) is 27.7 Å². The van der Waals surface area contributed by atoms with Crippen LogP contribution in [0, 0.1) is 12.8 Å². The Kier molecular flexibility index (Phi) is 140. The van der Waals surface area contributed by atoms with Crippen LogP contribution in [0.5, 0.6) is 0 Å². The molecular weight excluding hydrogens is 136 g/mol. The van der Waals surface area contributed by atoms with Gasteiger partial charge in [-0.15, -0.1) is 0 Å².